The number of benzene rings is 1. The van der Waals surface area contributed by atoms with Crippen LogP contribution in [0, 0.1) is 19.8 Å². The van der Waals surface area contributed by atoms with Gasteiger partial charge in [-0.1, -0.05) is 25.8 Å². The van der Waals surface area contributed by atoms with Crippen molar-refractivity contribution in [2.45, 2.75) is 70.4 Å². The summed E-state index contributed by atoms with van der Waals surface area (Å²) in [6, 6.07) is 6.31. The summed E-state index contributed by atoms with van der Waals surface area (Å²) in [4.78, 5) is 25.3. The second-order valence-electron chi connectivity index (χ2n) is 7.04. The van der Waals surface area contributed by atoms with Gasteiger partial charge in [-0.05, 0) is 62.8 Å². The lowest BCUT2D eigenvalue weighted by Crippen LogP contribution is -2.46. The summed E-state index contributed by atoms with van der Waals surface area (Å²) >= 11 is 1.43. The standard InChI is InChI=1S/C20H29NO3S/c1-13-9-10-17(11-15(13)3)25-12-19(22)24-16(4)20(23)21-18-8-6-5-7-14(18)2/h9-11,14,16,18H,5-8,12H2,1-4H3,(H,21,23)/t14-,16-,18-/m1/s1. The molecule has 1 amide bonds. The van der Waals surface area contributed by atoms with Crippen LogP contribution in [0.15, 0.2) is 23.1 Å². The Morgan fingerprint density at radius 3 is 2.64 bits per heavy atom. The van der Waals surface area contributed by atoms with Crippen LogP contribution in [-0.2, 0) is 14.3 Å². The first-order valence-corrected chi connectivity index (χ1v) is 10.0. The third-order valence-corrected chi connectivity index (χ3v) is 5.92. The van der Waals surface area contributed by atoms with Crippen LogP contribution >= 0.6 is 11.8 Å². The monoisotopic (exact) mass is 363 g/mol. The molecule has 3 atom stereocenters. The van der Waals surface area contributed by atoms with Crippen LogP contribution in [0.1, 0.15) is 50.7 Å². The molecule has 2 rings (SSSR count). The lowest BCUT2D eigenvalue weighted by molar-refractivity contribution is -0.152. The molecule has 1 N–H and O–H groups in total. The Labute approximate surface area is 155 Å². The van der Waals surface area contributed by atoms with Gasteiger partial charge in [-0.25, -0.2) is 0 Å². The van der Waals surface area contributed by atoms with Gasteiger partial charge < -0.3 is 10.1 Å². The second kappa shape index (κ2) is 9.27. The Morgan fingerprint density at radius 1 is 1.24 bits per heavy atom. The minimum atomic E-state index is -0.748. The summed E-state index contributed by atoms with van der Waals surface area (Å²) in [5, 5.41) is 3.04. The molecule has 0 spiro atoms. The largest absolute Gasteiger partial charge is 0.452 e. The predicted molar refractivity (Wildman–Crippen MR) is 102 cm³/mol. The maximum atomic E-state index is 12.3. The fraction of sp³-hybridized carbons (Fsp3) is 0.600. The van der Waals surface area contributed by atoms with Gasteiger partial charge in [-0.3, -0.25) is 9.59 Å². The highest BCUT2D eigenvalue weighted by molar-refractivity contribution is 8.00. The SMILES string of the molecule is Cc1ccc(SCC(=O)O[C@H](C)C(=O)N[C@@H]2CCCC[C@H]2C)cc1C. The second-order valence-corrected chi connectivity index (χ2v) is 8.09. The van der Waals surface area contributed by atoms with Crippen LogP contribution in [0.25, 0.3) is 0 Å². The minimum absolute atomic E-state index is 0.191. The van der Waals surface area contributed by atoms with E-state index in [4.69, 9.17) is 4.74 Å². The van der Waals surface area contributed by atoms with Crippen molar-refractivity contribution in [3.05, 3.63) is 29.3 Å². The van der Waals surface area contributed by atoms with E-state index < -0.39 is 6.10 Å². The Kier molecular flexibility index (Phi) is 7.36. The third-order valence-electron chi connectivity index (χ3n) is 4.95. The van der Waals surface area contributed by atoms with Crippen molar-refractivity contribution in [3.8, 4) is 0 Å². The highest BCUT2D eigenvalue weighted by Gasteiger charge is 2.26. The minimum Gasteiger partial charge on any atom is -0.452 e. The van der Waals surface area contributed by atoms with E-state index in [0.29, 0.717) is 5.92 Å². The van der Waals surface area contributed by atoms with E-state index >= 15 is 0 Å². The van der Waals surface area contributed by atoms with Crippen molar-refractivity contribution in [1.82, 2.24) is 5.32 Å². The molecular weight excluding hydrogens is 334 g/mol. The van der Waals surface area contributed by atoms with Gasteiger partial charge in [0.15, 0.2) is 6.10 Å². The molecule has 1 aliphatic carbocycles. The zero-order valence-corrected chi connectivity index (χ0v) is 16.4. The van der Waals surface area contributed by atoms with E-state index in [1.54, 1.807) is 6.92 Å². The van der Waals surface area contributed by atoms with Gasteiger partial charge in [0.25, 0.3) is 5.91 Å². The third kappa shape index (κ3) is 6.07. The number of rotatable bonds is 6. The van der Waals surface area contributed by atoms with Gasteiger partial charge in [0.1, 0.15) is 0 Å². The first-order chi connectivity index (χ1) is 11.9. The van der Waals surface area contributed by atoms with Gasteiger partial charge in [-0.2, -0.15) is 0 Å². The van der Waals surface area contributed by atoms with Crippen molar-refractivity contribution < 1.29 is 14.3 Å². The smallest absolute Gasteiger partial charge is 0.317 e. The van der Waals surface area contributed by atoms with E-state index in [2.05, 4.69) is 32.2 Å². The number of esters is 1. The molecule has 25 heavy (non-hydrogen) atoms. The van der Waals surface area contributed by atoms with E-state index in [-0.39, 0.29) is 23.7 Å². The van der Waals surface area contributed by atoms with Gasteiger partial charge in [-0.15, -0.1) is 11.8 Å². The van der Waals surface area contributed by atoms with E-state index in [9.17, 15) is 9.59 Å². The average molecular weight is 364 g/mol. The molecule has 0 aliphatic heterocycles. The molecule has 4 nitrogen and oxygen atoms in total. The van der Waals surface area contributed by atoms with Crippen LogP contribution in [-0.4, -0.2) is 29.8 Å². The highest BCUT2D eigenvalue weighted by atomic mass is 32.2. The molecule has 1 aromatic carbocycles. The fourth-order valence-electron chi connectivity index (χ4n) is 3.06. The average Bonchev–Trinajstić information content (AvgIpc) is 2.58. The molecule has 0 aromatic heterocycles. The van der Waals surface area contributed by atoms with Crippen LogP contribution < -0.4 is 5.32 Å². The molecule has 1 aromatic rings. The number of hydrogen-bond acceptors (Lipinski definition) is 4. The Hall–Kier alpha value is -1.49. The van der Waals surface area contributed by atoms with Crippen molar-refractivity contribution in [2.24, 2.45) is 5.92 Å². The number of carbonyl (C=O) groups is 2. The summed E-state index contributed by atoms with van der Waals surface area (Å²) in [5.74, 6) is 0.145. The topological polar surface area (TPSA) is 55.4 Å². The maximum Gasteiger partial charge on any atom is 0.317 e. The molecule has 0 unspecified atom stereocenters. The molecule has 138 valence electrons. The molecule has 1 fully saturated rings. The zero-order valence-electron chi connectivity index (χ0n) is 15.6. The maximum absolute atomic E-state index is 12.3. The summed E-state index contributed by atoms with van der Waals surface area (Å²) in [5.41, 5.74) is 2.43. The van der Waals surface area contributed by atoms with Gasteiger partial charge in [0.05, 0.1) is 5.75 Å². The lowest BCUT2D eigenvalue weighted by atomic mass is 9.86. The quantitative estimate of drug-likeness (QED) is 0.613. The first-order valence-electron chi connectivity index (χ1n) is 9.06. The predicted octanol–water partition coefficient (Wildman–Crippen LogP) is 4.02. The number of ether oxygens (including phenoxy) is 1. The van der Waals surface area contributed by atoms with Crippen molar-refractivity contribution >= 4 is 23.6 Å². The number of thioether (sulfide) groups is 1. The Morgan fingerprint density at radius 2 is 1.96 bits per heavy atom. The number of carbonyl (C=O) groups excluding carboxylic acids is 2. The normalized spacial score (nSPS) is 21.4. The summed E-state index contributed by atoms with van der Waals surface area (Å²) in [6.07, 6.45) is 3.79. The summed E-state index contributed by atoms with van der Waals surface area (Å²) in [6.45, 7) is 7.92. The van der Waals surface area contributed by atoms with Crippen LogP contribution in [0.4, 0.5) is 0 Å². The Bertz CT molecular complexity index is 617. The molecule has 1 saturated carbocycles. The molecular formula is C20H29NO3S. The van der Waals surface area contributed by atoms with Crippen LogP contribution in [0.2, 0.25) is 0 Å². The van der Waals surface area contributed by atoms with E-state index in [0.717, 1.165) is 24.2 Å². The highest BCUT2D eigenvalue weighted by Crippen LogP contribution is 2.24. The number of amides is 1. The molecule has 0 radical (unpaired) electrons. The first kappa shape index (κ1) is 19.8. The van der Waals surface area contributed by atoms with Gasteiger partial charge in [0, 0.05) is 10.9 Å². The lowest BCUT2D eigenvalue weighted by Gasteiger charge is -2.30. The molecule has 0 heterocycles. The number of nitrogens with one attached hydrogen (secondary N) is 1. The molecule has 0 saturated heterocycles. The number of aryl methyl sites for hydroxylation is 2. The summed E-state index contributed by atoms with van der Waals surface area (Å²) in [7, 11) is 0. The molecule has 0 bridgehead atoms. The number of hydrogen-bond donors (Lipinski definition) is 1. The van der Waals surface area contributed by atoms with Crippen molar-refractivity contribution in [3.63, 3.8) is 0 Å². The zero-order chi connectivity index (χ0) is 18.4. The Balaban J connectivity index is 1.76. The van der Waals surface area contributed by atoms with Crippen LogP contribution in [0.5, 0.6) is 0 Å². The van der Waals surface area contributed by atoms with E-state index in [1.807, 2.05) is 12.1 Å². The van der Waals surface area contributed by atoms with Crippen molar-refractivity contribution in [1.29, 1.82) is 0 Å². The van der Waals surface area contributed by atoms with Gasteiger partial charge >= 0.3 is 5.97 Å². The van der Waals surface area contributed by atoms with Gasteiger partial charge in [0.2, 0.25) is 0 Å². The summed E-state index contributed by atoms with van der Waals surface area (Å²) < 4.78 is 5.29. The molecule has 1 aliphatic rings. The van der Waals surface area contributed by atoms with Crippen molar-refractivity contribution in [2.75, 3.05) is 5.75 Å². The fourth-order valence-corrected chi connectivity index (χ4v) is 3.84. The van der Waals surface area contributed by atoms with E-state index in [1.165, 1.54) is 29.3 Å². The van der Waals surface area contributed by atoms with Crippen LogP contribution in [0.3, 0.4) is 0 Å². The molecule has 5 heteroatoms.